The van der Waals surface area contributed by atoms with Crippen molar-refractivity contribution in [1.29, 1.82) is 5.26 Å². The third kappa shape index (κ3) is 5.94. The number of para-hydroxylation sites is 1. The van der Waals surface area contributed by atoms with Gasteiger partial charge in [0.25, 0.3) is 0 Å². The molecule has 0 spiro atoms. The second kappa shape index (κ2) is 13.4. The van der Waals surface area contributed by atoms with Crippen LogP contribution in [0.2, 0.25) is 0 Å². The van der Waals surface area contributed by atoms with Crippen molar-refractivity contribution in [2.75, 3.05) is 7.11 Å². The van der Waals surface area contributed by atoms with Crippen molar-refractivity contribution in [3.63, 3.8) is 0 Å². The van der Waals surface area contributed by atoms with Crippen molar-refractivity contribution in [3.05, 3.63) is 100 Å². The van der Waals surface area contributed by atoms with Crippen molar-refractivity contribution in [2.45, 2.75) is 44.9 Å². The maximum Gasteiger partial charge on any atom is 0.305 e. The molecule has 0 bridgehead atoms. The van der Waals surface area contributed by atoms with E-state index in [-0.39, 0.29) is 5.97 Å². The van der Waals surface area contributed by atoms with E-state index >= 15 is 0 Å². The Labute approximate surface area is 242 Å². The quantitative estimate of drug-likeness (QED) is 0.177. The van der Waals surface area contributed by atoms with Gasteiger partial charge in [-0.3, -0.25) is 8.77 Å². The van der Waals surface area contributed by atoms with Crippen molar-refractivity contribution < 1.29 is 13.7 Å². The highest BCUT2D eigenvalue weighted by molar-refractivity contribution is 7.83. The zero-order chi connectivity index (χ0) is 28.6. The zero-order valence-electron chi connectivity index (χ0n) is 23.1. The molecular formula is C33H32N2O3S2. The van der Waals surface area contributed by atoms with Gasteiger partial charge in [-0.2, -0.15) is 5.26 Å². The number of nitrogens with zero attached hydrogens (tertiary/aromatic N) is 2. The number of fused-ring (bicyclic) bond motifs is 1. The number of esters is 1. The van der Waals surface area contributed by atoms with E-state index in [1.807, 2.05) is 103 Å². The molecule has 2 aromatic heterocycles. The molecule has 204 valence electrons. The number of carbonyl (C=O) groups excluding carboxylic acids is 1. The highest BCUT2D eigenvalue weighted by Gasteiger charge is 2.26. The first kappa shape index (κ1) is 29.0. The first-order valence-corrected chi connectivity index (χ1v) is 15.3. The van der Waals surface area contributed by atoms with Gasteiger partial charge in [-0.05, 0) is 61.0 Å². The fourth-order valence-corrected chi connectivity index (χ4v) is 6.65. The summed E-state index contributed by atoms with van der Waals surface area (Å²) in [7, 11) is -0.134. The molecule has 1 atom stereocenters. The summed E-state index contributed by atoms with van der Waals surface area (Å²) in [5, 5.41) is 12.7. The molecular weight excluding hydrogens is 537 g/mol. The Morgan fingerprint density at radius 2 is 1.77 bits per heavy atom. The third-order valence-electron chi connectivity index (χ3n) is 6.53. The summed E-state index contributed by atoms with van der Waals surface area (Å²) < 4.78 is 20.9. The Hall–Kier alpha value is -3.99. The average molecular weight is 569 g/mol. The van der Waals surface area contributed by atoms with Crippen LogP contribution in [0.15, 0.2) is 89.1 Å². The molecule has 5 nitrogen and oxygen atoms in total. The lowest BCUT2D eigenvalue weighted by Crippen LogP contribution is -2.07. The molecule has 3 aromatic carbocycles. The Bertz CT molecular complexity index is 1690. The number of hydrogen-bond donors (Lipinski definition) is 0. The molecule has 1 unspecified atom stereocenters. The second-order valence-electron chi connectivity index (χ2n) is 9.00. The summed E-state index contributed by atoms with van der Waals surface area (Å²) in [6.07, 6.45) is 1.73. The van der Waals surface area contributed by atoms with Gasteiger partial charge in [0.2, 0.25) is 0 Å². The molecule has 2 heterocycles. The van der Waals surface area contributed by atoms with Crippen molar-refractivity contribution >= 4 is 39.2 Å². The topological polar surface area (TPSA) is 72.1 Å². The maximum atomic E-state index is 14.2. The molecule has 0 N–H and O–H groups in total. The predicted octanol–water partition coefficient (Wildman–Crippen LogP) is 8.31. The highest BCUT2D eigenvalue weighted by atomic mass is 32.2. The van der Waals surface area contributed by atoms with Crippen LogP contribution in [0.3, 0.4) is 0 Å². The standard InChI is InChI=1S/C31H26N2O3S2.C2H6/c1-21-13-15-24(16-14-21)38(35)33-27-11-4-3-10-25(27)30(26-17-18-37-28(26)20-32)31(33)23-9-5-7-22(19-23)8-6-12-29(34)36-2;1-2/h3-5,7,9-11,13-19H,6,8,12H2,1-2H3;1-2H3. The number of aromatic nitrogens is 1. The third-order valence-corrected chi connectivity index (χ3v) is 8.74. The molecule has 0 saturated heterocycles. The van der Waals surface area contributed by atoms with Crippen LogP contribution in [-0.2, 0) is 26.9 Å². The van der Waals surface area contributed by atoms with Gasteiger partial charge in [0.15, 0.2) is 11.0 Å². The Morgan fingerprint density at radius 1 is 1.02 bits per heavy atom. The lowest BCUT2D eigenvalue weighted by atomic mass is 9.97. The minimum absolute atomic E-state index is 0.224. The smallest absolute Gasteiger partial charge is 0.305 e. The molecule has 5 rings (SSSR count). The van der Waals surface area contributed by atoms with Gasteiger partial charge in [0.1, 0.15) is 10.9 Å². The van der Waals surface area contributed by atoms with Crippen molar-refractivity contribution in [3.8, 4) is 28.5 Å². The normalized spacial score (nSPS) is 11.4. The fraction of sp³-hybridized carbons (Fsp3) is 0.212. The molecule has 7 heteroatoms. The number of benzene rings is 3. The molecule has 0 aliphatic carbocycles. The zero-order valence-corrected chi connectivity index (χ0v) is 24.8. The highest BCUT2D eigenvalue weighted by Crippen LogP contribution is 2.44. The summed E-state index contributed by atoms with van der Waals surface area (Å²) in [6, 6.07) is 28.1. The van der Waals surface area contributed by atoms with Gasteiger partial charge in [-0.15, -0.1) is 11.3 Å². The first-order chi connectivity index (χ1) is 19.5. The summed E-state index contributed by atoms with van der Waals surface area (Å²) >= 11 is 1.40. The van der Waals surface area contributed by atoms with E-state index in [0.717, 1.165) is 44.4 Å². The van der Waals surface area contributed by atoms with Crippen LogP contribution in [0.25, 0.3) is 33.3 Å². The number of rotatable bonds is 8. The summed E-state index contributed by atoms with van der Waals surface area (Å²) in [6.45, 7) is 6.01. The van der Waals surface area contributed by atoms with Gasteiger partial charge in [-0.25, -0.2) is 4.21 Å². The lowest BCUT2D eigenvalue weighted by Gasteiger charge is -2.14. The van der Waals surface area contributed by atoms with E-state index < -0.39 is 11.0 Å². The van der Waals surface area contributed by atoms with Crippen LogP contribution in [-0.4, -0.2) is 21.3 Å². The summed E-state index contributed by atoms with van der Waals surface area (Å²) in [5.74, 6) is -0.224. The van der Waals surface area contributed by atoms with Crippen molar-refractivity contribution in [1.82, 2.24) is 3.97 Å². The number of methoxy groups -OCH3 is 1. The number of aryl methyl sites for hydroxylation is 2. The maximum absolute atomic E-state index is 14.2. The largest absolute Gasteiger partial charge is 0.469 e. The molecule has 5 aromatic rings. The van der Waals surface area contributed by atoms with Crippen LogP contribution in [0.5, 0.6) is 0 Å². The molecule has 0 fully saturated rings. The number of thiophene rings is 1. The van der Waals surface area contributed by atoms with E-state index in [1.54, 1.807) is 0 Å². The van der Waals surface area contributed by atoms with Gasteiger partial charge < -0.3 is 4.74 Å². The molecule has 0 aliphatic heterocycles. The molecule has 0 aliphatic rings. The van der Waals surface area contributed by atoms with Crippen molar-refractivity contribution in [2.24, 2.45) is 0 Å². The molecule has 0 saturated carbocycles. The first-order valence-electron chi connectivity index (χ1n) is 13.3. The molecule has 0 radical (unpaired) electrons. The predicted molar refractivity (Wildman–Crippen MR) is 165 cm³/mol. The van der Waals surface area contributed by atoms with Crippen LogP contribution < -0.4 is 0 Å². The fourth-order valence-electron chi connectivity index (χ4n) is 4.68. The minimum atomic E-state index is -1.53. The minimum Gasteiger partial charge on any atom is -0.469 e. The van der Waals surface area contributed by atoms with Crippen LogP contribution >= 0.6 is 11.3 Å². The Kier molecular flexibility index (Phi) is 9.70. The Balaban J connectivity index is 0.00000181. The number of carbonyl (C=O) groups is 1. The van der Waals surface area contributed by atoms with E-state index in [9.17, 15) is 14.3 Å². The van der Waals surface area contributed by atoms with E-state index in [2.05, 4.69) is 12.1 Å². The monoisotopic (exact) mass is 568 g/mol. The van der Waals surface area contributed by atoms with Gasteiger partial charge >= 0.3 is 5.97 Å². The van der Waals surface area contributed by atoms with Crippen LogP contribution in [0.4, 0.5) is 0 Å². The van der Waals surface area contributed by atoms with Gasteiger partial charge in [-0.1, -0.05) is 67.9 Å². The SMILES string of the molecule is CC.COC(=O)CCCc1cccc(-c2c(-c3ccsc3C#N)c3ccccc3n2S(=O)c2ccc(C)cc2)c1. The summed E-state index contributed by atoms with van der Waals surface area (Å²) in [4.78, 5) is 12.9. The van der Waals surface area contributed by atoms with Crippen LogP contribution in [0.1, 0.15) is 42.7 Å². The molecule has 40 heavy (non-hydrogen) atoms. The van der Waals surface area contributed by atoms with Gasteiger partial charge in [0, 0.05) is 28.5 Å². The average Bonchev–Trinajstić information content (AvgIpc) is 3.60. The Morgan fingerprint density at radius 3 is 2.50 bits per heavy atom. The number of nitriles is 1. The molecule has 0 amide bonds. The number of hydrogen-bond acceptors (Lipinski definition) is 5. The lowest BCUT2D eigenvalue weighted by molar-refractivity contribution is -0.140. The van der Waals surface area contributed by atoms with E-state index in [1.165, 1.54) is 18.4 Å². The van der Waals surface area contributed by atoms with E-state index in [0.29, 0.717) is 29.0 Å². The van der Waals surface area contributed by atoms with Gasteiger partial charge in [0.05, 0.1) is 23.2 Å². The second-order valence-corrected chi connectivity index (χ2v) is 11.3. The summed E-state index contributed by atoms with van der Waals surface area (Å²) in [5.41, 5.74) is 6.44. The van der Waals surface area contributed by atoms with E-state index in [4.69, 9.17) is 4.74 Å². The number of ether oxygens (including phenoxy) is 1. The van der Waals surface area contributed by atoms with Crippen LogP contribution in [0, 0.1) is 18.3 Å².